The van der Waals surface area contributed by atoms with Crippen molar-refractivity contribution in [3.63, 3.8) is 0 Å². The molecule has 104 valence electrons. The van der Waals surface area contributed by atoms with E-state index < -0.39 is 23.0 Å². The summed E-state index contributed by atoms with van der Waals surface area (Å²) in [4.78, 5) is 19.8. The minimum Gasteiger partial charge on any atom is -0.480 e. The third-order valence-corrected chi connectivity index (χ3v) is 2.51. The van der Waals surface area contributed by atoms with Gasteiger partial charge in [-0.25, -0.2) is 13.8 Å². The Labute approximate surface area is 113 Å². The van der Waals surface area contributed by atoms with Crippen LogP contribution in [-0.2, 0) is 0 Å². The number of ketones is 1. The highest BCUT2D eigenvalue weighted by molar-refractivity contribution is 6.09. The van der Waals surface area contributed by atoms with Crippen LogP contribution in [0, 0.1) is 11.6 Å². The number of hydrogen-bond acceptors (Lipinski definition) is 5. The monoisotopic (exact) mass is 280 g/mol. The number of carbonyl (C=O) groups excluding carboxylic acids is 1. The van der Waals surface area contributed by atoms with Crippen molar-refractivity contribution in [2.24, 2.45) is 0 Å². The molecule has 0 radical (unpaired) electrons. The quantitative estimate of drug-likeness (QED) is 0.802. The van der Waals surface area contributed by atoms with Gasteiger partial charge in [-0.15, -0.1) is 0 Å². The van der Waals surface area contributed by atoms with Gasteiger partial charge in [0.15, 0.2) is 5.69 Å². The molecule has 0 saturated heterocycles. The summed E-state index contributed by atoms with van der Waals surface area (Å²) < 4.78 is 36.5. The van der Waals surface area contributed by atoms with Crippen molar-refractivity contribution in [2.75, 3.05) is 14.2 Å². The highest BCUT2D eigenvalue weighted by Crippen LogP contribution is 2.21. The van der Waals surface area contributed by atoms with Crippen LogP contribution >= 0.6 is 0 Å². The Kier molecular flexibility index (Phi) is 3.88. The number of halogens is 2. The van der Waals surface area contributed by atoms with Crippen LogP contribution in [0.1, 0.15) is 16.1 Å². The van der Waals surface area contributed by atoms with Crippen molar-refractivity contribution in [3.8, 4) is 11.8 Å². The maximum absolute atomic E-state index is 13.6. The standard InChI is InChI=1S/C13H10F2N2O3/c1-19-10-6-16-11(13(17-10)20-2)12(18)8-5-7(14)3-4-9(8)15/h3-6H,1-2H3. The Bertz CT molecular complexity index is 662. The molecule has 2 aromatic rings. The summed E-state index contributed by atoms with van der Waals surface area (Å²) in [6.45, 7) is 0. The molecule has 7 heteroatoms. The van der Waals surface area contributed by atoms with E-state index in [1.165, 1.54) is 20.4 Å². The fraction of sp³-hybridized carbons (Fsp3) is 0.154. The number of carbonyl (C=O) groups is 1. The number of methoxy groups -OCH3 is 2. The fourth-order valence-corrected chi connectivity index (χ4v) is 1.55. The van der Waals surface area contributed by atoms with Gasteiger partial charge in [-0.3, -0.25) is 4.79 Å². The third-order valence-electron chi connectivity index (χ3n) is 2.51. The summed E-state index contributed by atoms with van der Waals surface area (Å²) in [5, 5.41) is 0. The van der Waals surface area contributed by atoms with Gasteiger partial charge in [0.25, 0.3) is 0 Å². The van der Waals surface area contributed by atoms with E-state index >= 15 is 0 Å². The van der Waals surface area contributed by atoms with Gasteiger partial charge in [0.1, 0.15) is 11.6 Å². The zero-order valence-electron chi connectivity index (χ0n) is 10.7. The first-order valence-electron chi connectivity index (χ1n) is 5.51. The minimum atomic E-state index is -0.851. The van der Waals surface area contributed by atoms with Gasteiger partial charge < -0.3 is 9.47 Å². The Morgan fingerprint density at radius 3 is 2.60 bits per heavy atom. The molecule has 1 aromatic heterocycles. The van der Waals surface area contributed by atoms with Crippen LogP contribution in [0.2, 0.25) is 0 Å². The number of hydrogen-bond donors (Lipinski definition) is 0. The van der Waals surface area contributed by atoms with Gasteiger partial charge in [-0.05, 0) is 18.2 Å². The van der Waals surface area contributed by atoms with E-state index in [9.17, 15) is 13.6 Å². The lowest BCUT2D eigenvalue weighted by Crippen LogP contribution is -2.10. The van der Waals surface area contributed by atoms with Crippen LogP contribution < -0.4 is 9.47 Å². The smallest absolute Gasteiger partial charge is 0.247 e. The molecule has 0 spiro atoms. The molecule has 0 aliphatic heterocycles. The number of nitrogens with zero attached hydrogens (tertiary/aromatic N) is 2. The first kappa shape index (κ1) is 13.9. The van der Waals surface area contributed by atoms with Crippen LogP contribution in [0.4, 0.5) is 8.78 Å². The second kappa shape index (κ2) is 5.60. The molecule has 0 aliphatic rings. The zero-order valence-corrected chi connectivity index (χ0v) is 10.7. The van der Waals surface area contributed by atoms with Crippen LogP contribution in [-0.4, -0.2) is 30.0 Å². The van der Waals surface area contributed by atoms with E-state index in [1.807, 2.05) is 0 Å². The van der Waals surface area contributed by atoms with E-state index in [4.69, 9.17) is 9.47 Å². The second-order valence-electron chi connectivity index (χ2n) is 3.72. The van der Waals surface area contributed by atoms with Gasteiger partial charge in [0, 0.05) is 0 Å². The van der Waals surface area contributed by atoms with E-state index in [0.29, 0.717) is 0 Å². The van der Waals surface area contributed by atoms with Gasteiger partial charge in [-0.1, -0.05) is 0 Å². The molecule has 20 heavy (non-hydrogen) atoms. The lowest BCUT2D eigenvalue weighted by atomic mass is 10.1. The van der Waals surface area contributed by atoms with Crippen LogP contribution in [0.25, 0.3) is 0 Å². The van der Waals surface area contributed by atoms with Crippen molar-refractivity contribution in [3.05, 3.63) is 47.3 Å². The normalized spacial score (nSPS) is 10.2. The molecule has 0 bridgehead atoms. The van der Waals surface area contributed by atoms with Crippen LogP contribution in [0.5, 0.6) is 11.8 Å². The van der Waals surface area contributed by atoms with Gasteiger partial charge in [-0.2, -0.15) is 4.98 Å². The number of ether oxygens (including phenoxy) is 2. The molecule has 5 nitrogen and oxygen atoms in total. The first-order chi connectivity index (χ1) is 9.56. The average Bonchev–Trinajstić information content (AvgIpc) is 2.48. The van der Waals surface area contributed by atoms with Gasteiger partial charge in [0.05, 0.1) is 26.0 Å². The summed E-state index contributed by atoms with van der Waals surface area (Å²) in [5.74, 6) is -2.39. The summed E-state index contributed by atoms with van der Waals surface area (Å²) in [5.41, 5.74) is -0.666. The number of aromatic nitrogens is 2. The Hall–Kier alpha value is -2.57. The molecule has 0 atom stereocenters. The molecular formula is C13H10F2N2O3. The minimum absolute atomic E-state index is 0.127. The summed E-state index contributed by atoms with van der Waals surface area (Å²) >= 11 is 0. The summed E-state index contributed by atoms with van der Waals surface area (Å²) in [6, 6.07) is 2.58. The predicted molar refractivity (Wildman–Crippen MR) is 64.9 cm³/mol. The largest absolute Gasteiger partial charge is 0.480 e. The molecule has 0 aliphatic carbocycles. The van der Waals surface area contributed by atoms with Crippen molar-refractivity contribution >= 4 is 5.78 Å². The highest BCUT2D eigenvalue weighted by Gasteiger charge is 2.22. The van der Waals surface area contributed by atoms with E-state index in [0.717, 1.165) is 18.2 Å². The van der Waals surface area contributed by atoms with Gasteiger partial charge in [0.2, 0.25) is 17.5 Å². The van der Waals surface area contributed by atoms with E-state index in [1.54, 1.807) is 0 Å². The second-order valence-corrected chi connectivity index (χ2v) is 3.72. The molecule has 1 heterocycles. The molecule has 2 rings (SSSR count). The molecule has 0 N–H and O–H groups in total. The highest BCUT2D eigenvalue weighted by atomic mass is 19.1. The maximum atomic E-state index is 13.6. The predicted octanol–water partition coefficient (Wildman–Crippen LogP) is 2.00. The van der Waals surface area contributed by atoms with Gasteiger partial charge >= 0.3 is 0 Å². The number of rotatable bonds is 4. The first-order valence-corrected chi connectivity index (χ1v) is 5.51. The fourth-order valence-electron chi connectivity index (χ4n) is 1.55. The van der Waals surface area contributed by atoms with E-state index in [-0.39, 0.29) is 17.5 Å². The Morgan fingerprint density at radius 2 is 1.95 bits per heavy atom. The molecule has 0 saturated carbocycles. The molecule has 0 unspecified atom stereocenters. The van der Waals surface area contributed by atoms with Crippen LogP contribution in [0.3, 0.4) is 0 Å². The van der Waals surface area contributed by atoms with Crippen molar-refractivity contribution in [1.82, 2.24) is 9.97 Å². The SMILES string of the molecule is COc1cnc(C(=O)c2cc(F)ccc2F)c(OC)n1. The molecule has 1 aromatic carbocycles. The molecular weight excluding hydrogens is 270 g/mol. The third kappa shape index (κ3) is 2.56. The van der Waals surface area contributed by atoms with Crippen molar-refractivity contribution in [2.45, 2.75) is 0 Å². The Balaban J connectivity index is 2.50. The Morgan fingerprint density at radius 1 is 1.20 bits per heavy atom. The van der Waals surface area contributed by atoms with E-state index in [2.05, 4.69) is 9.97 Å². The van der Waals surface area contributed by atoms with Crippen LogP contribution in [0.15, 0.2) is 24.4 Å². The molecule has 0 fully saturated rings. The lowest BCUT2D eigenvalue weighted by molar-refractivity contribution is 0.102. The summed E-state index contributed by atoms with van der Waals surface area (Å²) in [7, 11) is 2.65. The van der Waals surface area contributed by atoms with Crippen molar-refractivity contribution < 1.29 is 23.0 Å². The zero-order chi connectivity index (χ0) is 14.7. The number of benzene rings is 1. The average molecular weight is 280 g/mol. The maximum Gasteiger partial charge on any atom is 0.247 e. The topological polar surface area (TPSA) is 61.3 Å². The summed E-state index contributed by atoms with van der Waals surface area (Å²) in [6.07, 6.45) is 1.19. The lowest BCUT2D eigenvalue weighted by Gasteiger charge is -2.07. The molecule has 0 amide bonds. The van der Waals surface area contributed by atoms with Crippen molar-refractivity contribution in [1.29, 1.82) is 0 Å².